The predicted molar refractivity (Wildman–Crippen MR) is 125 cm³/mol. The van der Waals surface area contributed by atoms with E-state index in [0.29, 0.717) is 29.8 Å². The Kier molecular flexibility index (Phi) is 10.9. The second-order valence-electron chi connectivity index (χ2n) is 6.56. The lowest BCUT2D eigenvalue weighted by molar-refractivity contribution is 0.0954. The molecule has 1 heterocycles. The van der Waals surface area contributed by atoms with Gasteiger partial charge in [-0.3, -0.25) is 9.79 Å². The van der Waals surface area contributed by atoms with Crippen LogP contribution in [0.1, 0.15) is 24.2 Å². The maximum atomic E-state index is 12.2. The largest absolute Gasteiger partial charge is 0.497 e. The van der Waals surface area contributed by atoms with E-state index in [4.69, 9.17) is 4.74 Å². The highest BCUT2D eigenvalue weighted by atomic mass is 127. The zero-order chi connectivity index (χ0) is 18.9. The number of hydrogen-bond acceptors (Lipinski definition) is 4. The van der Waals surface area contributed by atoms with E-state index in [1.807, 2.05) is 18.8 Å². The number of aliphatic imine (C=N–C) groups is 1. The minimum atomic E-state index is -0.0846. The average Bonchev–Trinajstić information content (AvgIpc) is 2.68. The van der Waals surface area contributed by atoms with E-state index in [2.05, 4.69) is 34.4 Å². The number of thioether (sulfide) groups is 1. The van der Waals surface area contributed by atoms with Gasteiger partial charge in [0.25, 0.3) is 5.91 Å². The van der Waals surface area contributed by atoms with Gasteiger partial charge in [0.05, 0.1) is 7.11 Å². The van der Waals surface area contributed by atoms with E-state index >= 15 is 0 Å². The molecule has 8 heteroatoms. The van der Waals surface area contributed by atoms with Crippen LogP contribution in [0.3, 0.4) is 0 Å². The molecule has 0 saturated carbocycles. The molecule has 152 valence electrons. The Morgan fingerprint density at radius 3 is 2.56 bits per heavy atom. The molecule has 2 N–H and O–H groups in total. The van der Waals surface area contributed by atoms with Crippen LogP contribution in [-0.4, -0.2) is 68.1 Å². The summed E-state index contributed by atoms with van der Waals surface area (Å²) in [6.07, 6.45) is 0. The van der Waals surface area contributed by atoms with Gasteiger partial charge >= 0.3 is 0 Å². The highest BCUT2D eigenvalue weighted by Crippen LogP contribution is 2.24. The summed E-state index contributed by atoms with van der Waals surface area (Å²) in [5.41, 5.74) is 0.628. The smallest absolute Gasteiger partial charge is 0.251 e. The van der Waals surface area contributed by atoms with E-state index in [1.54, 1.807) is 31.4 Å². The van der Waals surface area contributed by atoms with Crippen LogP contribution in [-0.2, 0) is 0 Å². The second-order valence-corrected chi connectivity index (χ2v) is 7.90. The third-order valence-corrected chi connectivity index (χ3v) is 5.93. The van der Waals surface area contributed by atoms with Crippen molar-refractivity contribution in [3.05, 3.63) is 29.8 Å². The normalized spacial score (nSPS) is 17.3. The molecule has 1 fully saturated rings. The zero-order valence-corrected chi connectivity index (χ0v) is 19.7. The first kappa shape index (κ1) is 23.9. The molecule has 1 aromatic carbocycles. The van der Waals surface area contributed by atoms with Crippen molar-refractivity contribution < 1.29 is 9.53 Å². The monoisotopic (exact) mass is 506 g/mol. The summed E-state index contributed by atoms with van der Waals surface area (Å²) in [4.78, 5) is 18.9. The molecular formula is C19H31IN4O2S. The van der Waals surface area contributed by atoms with Gasteiger partial charge in [-0.15, -0.1) is 24.0 Å². The molecule has 1 atom stereocenters. The molecule has 1 aliphatic heterocycles. The number of benzene rings is 1. The highest BCUT2D eigenvalue weighted by Gasteiger charge is 2.24. The number of halogens is 1. The van der Waals surface area contributed by atoms with E-state index in [9.17, 15) is 4.79 Å². The van der Waals surface area contributed by atoms with Gasteiger partial charge in [-0.1, -0.05) is 13.8 Å². The molecule has 0 aromatic heterocycles. The van der Waals surface area contributed by atoms with Crippen molar-refractivity contribution in [1.82, 2.24) is 15.5 Å². The van der Waals surface area contributed by atoms with Gasteiger partial charge in [0.1, 0.15) is 5.75 Å². The van der Waals surface area contributed by atoms with Crippen molar-refractivity contribution in [2.45, 2.75) is 19.1 Å². The lowest BCUT2D eigenvalue weighted by Crippen LogP contribution is -2.50. The highest BCUT2D eigenvalue weighted by molar-refractivity contribution is 14.0. The van der Waals surface area contributed by atoms with E-state index < -0.39 is 0 Å². The molecule has 0 radical (unpaired) electrons. The number of methoxy groups -OCH3 is 1. The standard InChI is InChI=1S/C19H30N4O2S.HI/c1-14(2)17-13-23(11-12-26-17)19(20-3)22-10-9-21-18(24)15-5-7-16(25-4)8-6-15;/h5-8,14,17H,9-13H2,1-4H3,(H,20,22)(H,21,24);1H. The van der Waals surface area contributed by atoms with Crippen molar-refractivity contribution in [2.75, 3.05) is 46.1 Å². The fourth-order valence-corrected chi connectivity index (χ4v) is 4.10. The number of nitrogens with one attached hydrogen (secondary N) is 2. The van der Waals surface area contributed by atoms with Crippen LogP contribution in [0.25, 0.3) is 0 Å². The van der Waals surface area contributed by atoms with Gasteiger partial charge in [0.15, 0.2) is 5.96 Å². The minimum Gasteiger partial charge on any atom is -0.497 e. The van der Waals surface area contributed by atoms with E-state index in [-0.39, 0.29) is 29.9 Å². The lowest BCUT2D eigenvalue weighted by atomic mass is 10.1. The first-order valence-corrected chi connectivity index (χ1v) is 10.1. The first-order valence-electron chi connectivity index (χ1n) is 9.04. The molecule has 0 bridgehead atoms. The van der Waals surface area contributed by atoms with Crippen LogP contribution in [0.4, 0.5) is 0 Å². The Bertz CT molecular complexity index is 610. The molecule has 2 rings (SSSR count). The summed E-state index contributed by atoms with van der Waals surface area (Å²) in [6, 6.07) is 7.10. The number of amides is 1. The van der Waals surface area contributed by atoms with E-state index in [0.717, 1.165) is 30.6 Å². The maximum Gasteiger partial charge on any atom is 0.251 e. The Morgan fingerprint density at radius 1 is 1.30 bits per heavy atom. The van der Waals surface area contributed by atoms with Crippen LogP contribution >= 0.6 is 35.7 Å². The van der Waals surface area contributed by atoms with Crippen LogP contribution in [0.2, 0.25) is 0 Å². The van der Waals surface area contributed by atoms with Crippen molar-refractivity contribution in [3.63, 3.8) is 0 Å². The average molecular weight is 506 g/mol. The quantitative estimate of drug-likeness (QED) is 0.269. The number of guanidine groups is 1. The molecule has 27 heavy (non-hydrogen) atoms. The first-order chi connectivity index (χ1) is 12.5. The summed E-state index contributed by atoms with van der Waals surface area (Å²) in [5, 5.41) is 6.92. The number of nitrogens with zero attached hydrogens (tertiary/aromatic N) is 2. The summed E-state index contributed by atoms with van der Waals surface area (Å²) in [6.45, 7) is 7.74. The summed E-state index contributed by atoms with van der Waals surface area (Å²) in [5.74, 6) is 3.35. The SMILES string of the molecule is CN=C(NCCNC(=O)c1ccc(OC)cc1)N1CCSC(C(C)C)C1.I. The molecule has 1 saturated heterocycles. The fourth-order valence-electron chi connectivity index (χ4n) is 2.80. The molecule has 6 nitrogen and oxygen atoms in total. The van der Waals surface area contributed by atoms with Gasteiger partial charge in [-0.25, -0.2) is 0 Å². The Hall–Kier alpha value is -1.16. The Labute approximate surface area is 183 Å². The number of ether oxygens (including phenoxy) is 1. The molecule has 0 aliphatic carbocycles. The van der Waals surface area contributed by atoms with E-state index in [1.165, 1.54) is 0 Å². The summed E-state index contributed by atoms with van der Waals surface area (Å²) >= 11 is 2.05. The fraction of sp³-hybridized carbons (Fsp3) is 0.579. The van der Waals surface area contributed by atoms with Gasteiger partial charge in [-0.2, -0.15) is 11.8 Å². The second kappa shape index (κ2) is 12.3. The minimum absolute atomic E-state index is 0. The number of carbonyl (C=O) groups is 1. The third kappa shape index (κ3) is 7.40. The summed E-state index contributed by atoms with van der Waals surface area (Å²) < 4.78 is 5.10. The van der Waals surface area contributed by atoms with Gasteiger partial charge in [-0.05, 0) is 30.2 Å². The zero-order valence-electron chi connectivity index (χ0n) is 16.5. The Balaban J connectivity index is 0.00000364. The predicted octanol–water partition coefficient (Wildman–Crippen LogP) is 2.69. The summed E-state index contributed by atoms with van der Waals surface area (Å²) in [7, 11) is 3.42. The molecule has 1 unspecified atom stereocenters. The molecule has 0 spiro atoms. The van der Waals surface area contributed by atoms with Crippen LogP contribution < -0.4 is 15.4 Å². The molecular weight excluding hydrogens is 475 g/mol. The van der Waals surface area contributed by atoms with Gasteiger partial charge < -0.3 is 20.3 Å². The van der Waals surface area contributed by atoms with Gasteiger partial charge in [0.2, 0.25) is 0 Å². The van der Waals surface area contributed by atoms with Crippen LogP contribution in [0.5, 0.6) is 5.75 Å². The maximum absolute atomic E-state index is 12.2. The van der Waals surface area contributed by atoms with Crippen LogP contribution in [0.15, 0.2) is 29.3 Å². The lowest BCUT2D eigenvalue weighted by Gasteiger charge is -2.36. The van der Waals surface area contributed by atoms with Crippen molar-refractivity contribution in [1.29, 1.82) is 0 Å². The molecule has 1 aromatic rings. The number of rotatable bonds is 6. The van der Waals surface area contributed by atoms with Crippen molar-refractivity contribution in [2.24, 2.45) is 10.9 Å². The Morgan fingerprint density at radius 2 is 1.96 bits per heavy atom. The number of hydrogen-bond donors (Lipinski definition) is 2. The van der Waals surface area contributed by atoms with Gasteiger partial charge in [0, 0.05) is 49.8 Å². The number of carbonyl (C=O) groups excluding carboxylic acids is 1. The third-order valence-electron chi connectivity index (χ3n) is 4.39. The topological polar surface area (TPSA) is 66.0 Å². The van der Waals surface area contributed by atoms with Crippen LogP contribution in [0, 0.1) is 5.92 Å². The van der Waals surface area contributed by atoms with Crippen molar-refractivity contribution in [3.8, 4) is 5.75 Å². The van der Waals surface area contributed by atoms with Crippen molar-refractivity contribution >= 4 is 47.6 Å². The molecule has 1 amide bonds. The molecule has 1 aliphatic rings.